The molecular weight excluding hydrogens is 238 g/mol. The lowest BCUT2D eigenvalue weighted by atomic mass is 10.1. The topological polar surface area (TPSA) is 81.1 Å². The van der Waals surface area contributed by atoms with Gasteiger partial charge in [-0.2, -0.15) is 0 Å². The maximum absolute atomic E-state index is 11.3. The predicted molar refractivity (Wildman–Crippen MR) is 72.3 cm³/mol. The van der Waals surface area contributed by atoms with Crippen molar-refractivity contribution < 1.29 is 4.79 Å². The Hall–Kier alpha value is -1.42. The zero-order valence-corrected chi connectivity index (χ0v) is 10.8. The number of amides is 1. The normalized spacial score (nSPS) is 12.2. The fourth-order valence-corrected chi connectivity index (χ4v) is 1.72. The van der Waals surface area contributed by atoms with E-state index in [0.29, 0.717) is 27.9 Å². The van der Waals surface area contributed by atoms with Crippen molar-refractivity contribution in [2.75, 3.05) is 17.6 Å². The Morgan fingerprint density at radius 2 is 2.18 bits per heavy atom. The molecule has 0 spiro atoms. The Morgan fingerprint density at radius 3 is 2.71 bits per heavy atom. The molecule has 1 rings (SSSR count). The molecule has 0 fully saturated rings. The van der Waals surface area contributed by atoms with Crippen LogP contribution in [0.25, 0.3) is 0 Å². The van der Waals surface area contributed by atoms with Crippen LogP contribution in [0.2, 0.25) is 5.02 Å². The van der Waals surface area contributed by atoms with Crippen LogP contribution in [0.5, 0.6) is 0 Å². The maximum atomic E-state index is 11.3. The summed E-state index contributed by atoms with van der Waals surface area (Å²) in [5, 5.41) is 3.57. The summed E-state index contributed by atoms with van der Waals surface area (Å²) in [4.78, 5) is 11.3. The molecule has 1 aromatic carbocycles. The SMILES string of the molecule is CCC(C)CNc1c(Cl)cc(N)cc1C(N)=O. The van der Waals surface area contributed by atoms with Crippen molar-refractivity contribution in [2.45, 2.75) is 20.3 Å². The average Bonchev–Trinajstić information content (AvgIpc) is 2.26. The number of hydrogen-bond acceptors (Lipinski definition) is 3. The van der Waals surface area contributed by atoms with Crippen molar-refractivity contribution in [3.8, 4) is 0 Å². The fourth-order valence-electron chi connectivity index (χ4n) is 1.42. The minimum Gasteiger partial charge on any atom is -0.399 e. The monoisotopic (exact) mass is 255 g/mol. The first kappa shape index (κ1) is 13.6. The second-order valence-corrected chi connectivity index (χ2v) is 4.59. The van der Waals surface area contributed by atoms with Crippen molar-refractivity contribution in [1.82, 2.24) is 0 Å². The lowest BCUT2D eigenvalue weighted by Gasteiger charge is -2.15. The van der Waals surface area contributed by atoms with Gasteiger partial charge in [0, 0.05) is 12.2 Å². The zero-order chi connectivity index (χ0) is 13.0. The Kier molecular flexibility index (Phi) is 4.63. The van der Waals surface area contributed by atoms with Crippen LogP contribution in [0.1, 0.15) is 30.6 Å². The molecule has 1 aromatic rings. The van der Waals surface area contributed by atoms with E-state index in [0.717, 1.165) is 13.0 Å². The van der Waals surface area contributed by atoms with Gasteiger partial charge in [0.25, 0.3) is 5.91 Å². The number of halogens is 1. The van der Waals surface area contributed by atoms with E-state index in [1.54, 1.807) is 6.07 Å². The molecule has 0 aliphatic carbocycles. The molecule has 0 aliphatic rings. The van der Waals surface area contributed by atoms with Gasteiger partial charge in [-0.3, -0.25) is 4.79 Å². The van der Waals surface area contributed by atoms with Gasteiger partial charge in [-0.25, -0.2) is 0 Å². The first-order valence-corrected chi connectivity index (χ1v) is 5.96. The van der Waals surface area contributed by atoms with Gasteiger partial charge in [-0.1, -0.05) is 31.9 Å². The Morgan fingerprint density at radius 1 is 1.53 bits per heavy atom. The quantitative estimate of drug-likeness (QED) is 0.707. The molecule has 1 amide bonds. The molecule has 5 N–H and O–H groups in total. The summed E-state index contributed by atoms with van der Waals surface area (Å²) in [5.41, 5.74) is 12.3. The van der Waals surface area contributed by atoms with E-state index >= 15 is 0 Å². The highest BCUT2D eigenvalue weighted by Crippen LogP contribution is 2.29. The van der Waals surface area contributed by atoms with Gasteiger partial charge in [0.15, 0.2) is 0 Å². The van der Waals surface area contributed by atoms with Gasteiger partial charge in [-0.15, -0.1) is 0 Å². The second-order valence-electron chi connectivity index (χ2n) is 4.18. The summed E-state index contributed by atoms with van der Waals surface area (Å²) in [6, 6.07) is 3.14. The van der Waals surface area contributed by atoms with Crippen molar-refractivity contribution in [3.63, 3.8) is 0 Å². The standard InChI is InChI=1S/C12H18ClN3O/c1-3-7(2)6-16-11-9(12(15)17)4-8(14)5-10(11)13/h4-5,7,16H,3,6,14H2,1-2H3,(H2,15,17). The highest BCUT2D eigenvalue weighted by Gasteiger charge is 2.13. The molecule has 4 nitrogen and oxygen atoms in total. The molecule has 17 heavy (non-hydrogen) atoms. The molecule has 0 bridgehead atoms. The third-order valence-electron chi connectivity index (χ3n) is 2.70. The second kappa shape index (κ2) is 5.77. The fraction of sp³-hybridized carbons (Fsp3) is 0.417. The van der Waals surface area contributed by atoms with Gasteiger partial charge in [0.05, 0.1) is 16.3 Å². The van der Waals surface area contributed by atoms with Gasteiger partial charge >= 0.3 is 0 Å². The average molecular weight is 256 g/mol. The minimum atomic E-state index is -0.536. The molecular formula is C12H18ClN3O. The number of anilines is 2. The summed E-state index contributed by atoms with van der Waals surface area (Å²) in [6.45, 7) is 4.95. The van der Waals surface area contributed by atoms with E-state index in [9.17, 15) is 4.79 Å². The van der Waals surface area contributed by atoms with Crippen LogP contribution in [0, 0.1) is 5.92 Å². The van der Waals surface area contributed by atoms with Crippen LogP contribution in [0.4, 0.5) is 11.4 Å². The summed E-state index contributed by atoms with van der Waals surface area (Å²) < 4.78 is 0. The number of carbonyl (C=O) groups excluding carboxylic acids is 1. The van der Waals surface area contributed by atoms with E-state index in [-0.39, 0.29) is 0 Å². The summed E-state index contributed by atoms with van der Waals surface area (Å²) in [5.74, 6) is -0.0461. The lowest BCUT2D eigenvalue weighted by molar-refractivity contribution is 0.100. The van der Waals surface area contributed by atoms with Crippen LogP contribution in [-0.2, 0) is 0 Å². The first-order valence-electron chi connectivity index (χ1n) is 5.58. The maximum Gasteiger partial charge on any atom is 0.250 e. The molecule has 5 heteroatoms. The number of nitrogens with two attached hydrogens (primary N) is 2. The van der Waals surface area contributed by atoms with E-state index in [1.165, 1.54) is 6.07 Å². The van der Waals surface area contributed by atoms with E-state index in [2.05, 4.69) is 19.2 Å². The number of carbonyl (C=O) groups is 1. The third-order valence-corrected chi connectivity index (χ3v) is 3.00. The minimum absolute atomic E-state index is 0.332. The third kappa shape index (κ3) is 3.53. The largest absolute Gasteiger partial charge is 0.399 e. The lowest BCUT2D eigenvalue weighted by Crippen LogP contribution is -2.18. The highest BCUT2D eigenvalue weighted by atomic mass is 35.5. The number of nitrogens with one attached hydrogen (secondary N) is 1. The first-order chi connectivity index (χ1) is 7.95. The van der Waals surface area contributed by atoms with Crippen LogP contribution >= 0.6 is 11.6 Å². The number of nitrogen functional groups attached to an aromatic ring is 1. The summed E-state index contributed by atoms with van der Waals surface area (Å²) in [7, 11) is 0. The Balaban J connectivity index is 3.00. The zero-order valence-electron chi connectivity index (χ0n) is 10.1. The van der Waals surface area contributed by atoms with Crippen molar-refractivity contribution in [1.29, 1.82) is 0 Å². The Labute approximate surface area is 106 Å². The van der Waals surface area contributed by atoms with E-state index in [1.807, 2.05) is 0 Å². The molecule has 0 saturated carbocycles. The van der Waals surface area contributed by atoms with Crippen molar-refractivity contribution in [2.24, 2.45) is 11.7 Å². The molecule has 94 valence electrons. The molecule has 1 unspecified atom stereocenters. The van der Waals surface area contributed by atoms with Crippen molar-refractivity contribution in [3.05, 3.63) is 22.7 Å². The van der Waals surface area contributed by atoms with E-state index < -0.39 is 5.91 Å². The number of rotatable bonds is 5. The van der Waals surface area contributed by atoms with Crippen LogP contribution < -0.4 is 16.8 Å². The highest BCUT2D eigenvalue weighted by molar-refractivity contribution is 6.34. The van der Waals surface area contributed by atoms with Gasteiger partial charge in [0.2, 0.25) is 0 Å². The molecule has 0 saturated heterocycles. The van der Waals surface area contributed by atoms with E-state index in [4.69, 9.17) is 23.1 Å². The Bertz CT molecular complexity index is 420. The van der Waals surface area contributed by atoms with Crippen LogP contribution in [-0.4, -0.2) is 12.5 Å². The molecule has 0 aromatic heterocycles. The number of hydrogen-bond donors (Lipinski definition) is 3. The summed E-state index contributed by atoms with van der Waals surface area (Å²) >= 11 is 6.06. The molecule has 0 radical (unpaired) electrons. The molecule has 0 heterocycles. The molecule has 0 aliphatic heterocycles. The number of benzene rings is 1. The molecule has 1 atom stereocenters. The van der Waals surface area contributed by atoms with Gasteiger partial charge < -0.3 is 16.8 Å². The van der Waals surface area contributed by atoms with Gasteiger partial charge in [0.1, 0.15) is 0 Å². The summed E-state index contributed by atoms with van der Waals surface area (Å²) in [6.07, 6.45) is 1.05. The van der Waals surface area contributed by atoms with Crippen LogP contribution in [0.3, 0.4) is 0 Å². The van der Waals surface area contributed by atoms with Crippen LogP contribution in [0.15, 0.2) is 12.1 Å². The smallest absolute Gasteiger partial charge is 0.250 e. The van der Waals surface area contributed by atoms with Crippen molar-refractivity contribution >= 4 is 28.9 Å². The predicted octanol–water partition coefficient (Wildman–Crippen LogP) is 2.48. The number of primary amides is 1. The van der Waals surface area contributed by atoms with Gasteiger partial charge in [-0.05, 0) is 18.1 Å².